The van der Waals surface area contributed by atoms with Crippen molar-refractivity contribution in [3.63, 3.8) is 0 Å². The third-order valence-corrected chi connectivity index (χ3v) is 4.37. The number of nitrogens with one attached hydrogen (secondary N) is 1. The van der Waals surface area contributed by atoms with Gasteiger partial charge in [-0.25, -0.2) is 4.99 Å². The first kappa shape index (κ1) is 9.93. The van der Waals surface area contributed by atoms with E-state index in [1.54, 1.807) is 6.34 Å². The molecule has 2 rings (SSSR count). The standard InChI is InChI=1S/C10H11BrN2S/c1-2-7-5-8(11)10(14-7)9-3-4-12-6-13-9/h3-6,9H,2H2,1H3,(H,12,13). The van der Waals surface area contributed by atoms with Gasteiger partial charge in [-0.2, -0.15) is 0 Å². The minimum absolute atomic E-state index is 0.271. The summed E-state index contributed by atoms with van der Waals surface area (Å²) in [5.41, 5.74) is 0. The molecule has 1 aromatic rings. The molecule has 1 aliphatic rings. The van der Waals surface area contributed by atoms with E-state index in [0.29, 0.717) is 0 Å². The molecule has 1 N–H and O–H groups in total. The maximum atomic E-state index is 3.98. The number of halogens is 1. The zero-order valence-electron chi connectivity index (χ0n) is 7.83. The van der Waals surface area contributed by atoms with Crippen molar-refractivity contribution in [1.29, 1.82) is 0 Å². The highest BCUT2D eigenvalue weighted by atomic mass is 79.9. The Morgan fingerprint density at radius 2 is 2.50 bits per heavy atom. The van der Waals surface area contributed by atoms with Crippen molar-refractivity contribution in [2.75, 3.05) is 0 Å². The van der Waals surface area contributed by atoms with E-state index < -0.39 is 0 Å². The van der Waals surface area contributed by atoms with Gasteiger partial charge in [0.15, 0.2) is 0 Å². The summed E-state index contributed by atoms with van der Waals surface area (Å²) < 4.78 is 1.19. The van der Waals surface area contributed by atoms with Gasteiger partial charge < -0.3 is 5.32 Å². The summed E-state index contributed by atoms with van der Waals surface area (Å²) in [6.07, 6.45) is 6.73. The minimum atomic E-state index is 0.271. The summed E-state index contributed by atoms with van der Waals surface area (Å²) >= 11 is 5.43. The lowest BCUT2D eigenvalue weighted by atomic mass is 10.2. The first-order valence-electron chi connectivity index (χ1n) is 4.53. The highest BCUT2D eigenvalue weighted by Crippen LogP contribution is 2.33. The summed E-state index contributed by atoms with van der Waals surface area (Å²) in [6.45, 7) is 2.17. The molecule has 0 aromatic carbocycles. The quantitative estimate of drug-likeness (QED) is 0.877. The SMILES string of the molecule is CCc1cc(Br)c(C2C=CN=CN2)s1. The molecule has 0 bridgehead atoms. The van der Waals surface area contributed by atoms with Gasteiger partial charge in [-0.3, -0.25) is 0 Å². The fraction of sp³-hybridized carbons (Fsp3) is 0.300. The second-order valence-corrected chi connectivity index (χ2v) is 5.07. The van der Waals surface area contributed by atoms with Crippen LogP contribution in [0.2, 0.25) is 0 Å². The summed E-state index contributed by atoms with van der Waals surface area (Å²) in [4.78, 5) is 6.71. The second kappa shape index (κ2) is 4.28. The lowest BCUT2D eigenvalue weighted by molar-refractivity contribution is 0.803. The Bertz CT molecular complexity index is 381. The Morgan fingerprint density at radius 3 is 3.07 bits per heavy atom. The first-order valence-corrected chi connectivity index (χ1v) is 6.14. The highest BCUT2D eigenvalue weighted by molar-refractivity contribution is 9.10. The number of aryl methyl sites for hydroxylation is 1. The molecule has 2 heterocycles. The summed E-state index contributed by atoms with van der Waals surface area (Å²) in [5.74, 6) is 0. The van der Waals surface area contributed by atoms with Crippen LogP contribution in [0.5, 0.6) is 0 Å². The lowest BCUT2D eigenvalue weighted by Crippen LogP contribution is -2.18. The van der Waals surface area contributed by atoms with Crippen molar-refractivity contribution in [3.05, 3.63) is 32.6 Å². The summed E-state index contributed by atoms with van der Waals surface area (Å²) in [5, 5.41) is 3.22. The molecule has 0 fully saturated rings. The smallest absolute Gasteiger partial charge is 0.0886 e. The Kier molecular flexibility index (Phi) is 3.03. The normalized spacial score (nSPS) is 19.7. The molecule has 0 aliphatic carbocycles. The van der Waals surface area contributed by atoms with E-state index >= 15 is 0 Å². The number of rotatable bonds is 2. The van der Waals surface area contributed by atoms with Gasteiger partial charge in [0.1, 0.15) is 0 Å². The minimum Gasteiger partial charge on any atom is -0.365 e. The molecule has 0 spiro atoms. The fourth-order valence-corrected chi connectivity index (χ4v) is 3.29. The Hall–Kier alpha value is -0.610. The maximum Gasteiger partial charge on any atom is 0.0886 e. The first-order chi connectivity index (χ1) is 6.81. The molecule has 0 radical (unpaired) electrons. The largest absolute Gasteiger partial charge is 0.365 e. The van der Waals surface area contributed by atoms with E-state index in [1.807, 2.05) is 17.5 Å². The van der Waals surface area contributed by atoms with E-state index in [0.717, 1.165) is 6.42 Å². The van der Waals surface area contributed by atoms with Gasteiger partial charge in [-0.05, 0) is 34.5 Å². The summed E-state index contributed by atoms with van der Waals surface area (Å²) in [7, 11) is 0. The van der Waals surface area contributed by atoms with Crippen LogP contribution in [-0.2, 0) is 6.42 Å². The zero-order chi connectivity index (χ0) is 9.97. The van der Waals surface area contributed by atoms with Crippen LogP contribution in [0.1, 0.15) is 22.7 Å². The fourth-order valence-electron chi connectivity index (χ4n) is 1.34. The second-order valence-electron chi connectivity index (χ2n) is 3.04. The van der Waals surface area contributed by atoms with E-state index in [9.17, 15) is 0 Å². The van der Waals surface area contributed by atoms with E-state index in [-0.39, 0.29) is 6.04 Å². The Labute approximate surface area is 95.9 Å². The van der Waals surface area contributed by atoms with Crippen LogP contribution in [0.3, 0.4) is 0 Å². The van der Waals surface area contributed by atoms with Crippen molar-refractivity contribution < 1.29 is 0 Å². The third-order valence-electron chi connectivity index (χ3n) is 2.09. The van der Waals surface area contributed by atoms with Gasteiger partial charge in [0, 0.05) is 20.4 Å². The zero-order valence-corrected chi connectivity index (χ0v) is 10.2. The molecule has 14 heavy (non-hydrogen) atoms. The van der Waals surface area contributed by atoms with Crippen molar-refractivity contribution in [3.8, 4) is 0 Å². The molecule has 2 nitrogen and oxygen atoms in total. The van der Waals surface area contributed by atoms with Gasteiger partial charge in [0.2, 0.25) is 0 Å². The molecule has 1 aromatic heterocycles. The van der Waals surface area contributed by atoms with Crippen LogP contribution < -0.4 is 5.32 Å². The van der Waals surface area contributed by atoms with Crippen molar-refractivity contribution in [2.24, 2.45) is 4.99 Å². The monoisotopic (exact) mass is 270 g/mol. The Morgan fingerprint density at radius 1 is 1.64 bits per heavy atom. The molecular formula is C10H11BrN2S. The Balaban J connectivity index is 2.27. The molecule has 1 aliphatic heterocycles. The van der Waals surface area contributed by atoms with Crippen molar-refractivity contribution in [2.45, 2.75) is 19.4 Å². The lowest BCUT2D eigenvalue weighted by Gasteiger charge is -2.13. The van der Waals surface area contributed by atoms with Crippen molar-refractivity contribution in [1.82, 2.24) is 5.32 Å². The van der Waals surface area contributed by atoms with Crippen molar-refractivity contribution >= 4 is 33.6 Å². The molecule has 4 heteroatoms. The highest BCUT2D eigenvalue weighted by Gasteiger charge is 2.14. The predicted octanol–water partition coefficient (Wildman–Crippen LogP) is 3.26. The third kappa shape index (κ3) is 1.91. The van der Waals surface area contributed by atoms with Crippen LogP contribution >= 0.6 is 27.3 Å². The molecule has 1 unspecified atom stereocenters. The van der Waals surface area contributed by atoms with Crippen LogP contribution in [0.4, 0.5) is 0 Å². The van der Waals surface area contributed by atoms with Crippen LogP contribution in [-0.4, -0.2) is 6.34 Å². The van der Waals surface area contributed by atoms with Crippen LogP contribution in [0.25, 0.3) is 0 Å². The number of hydrogen-bond donors (Lipinski definition) is 1. The molecule has 74 valence electrons. The summed E-state index contributed by atoms with van der Waals surface area (Å²) in [6, 6.07) is 2.47. The molecule has 0 amide bonds. The van der Waals surface area contributed by atoms with Gasteiger partial charge in [0.05, 0.1) is 12.4 Å². The predicted molar refractivity (Wildman–Crippen MR) is 64.9 cm³/mol. The average Bonchev–Trinajstić information content (AvgIpc) is 2.61. The van der Waals surface area contributed by atoms with Crippen LogP contribution in [0, 0.1) is 0 Å². The number of hydrogen-bond acceptors (Lipinski definition) is 3. The van der Waals surface area contributed by atoms with Gasteiger partial charge in [-0.1, -0.05) is 6.92 Å². The van der Waals surface area contributed by atoms with E-state index in [2.05, 4.69) is 45.3 Å². The van der Waals surface area contributed by atoms with E-state index in [4.69, 9.17) is 0 Å². The topological polar surface area (TPSA) is 24.4 Å². The molecule has 0 saturated heterocycles. The van der Waals surface area contributed by atoms with Crippen LogP contribution in [0.15, 0.2) is 27.8 Å². The molecular weight excluding hydrogens is 260 g/mol. The maximum absolute atomic E-state index is 3.98. The molecule has 1 atom stereocenters. The van der Waals surface area contributed by atoms with E-state index in [1.165, 1.54) is 14.2 Å². The number of nitrogens with zero attached hydrogens (tertiary/aromatic N) is 1. The number of thiophene rings is 1. The van der Waals surface area contributed by atoms with Gasteiger partial charge in [-0.15, -0.1) is 11.3 Å². The van der Waals surface area contributed by atoms with Gasteiger partial charge in [0.25, 0.3) is 0 Å². The molecule has 0 saturated carbocycles. The average molecular weight is 271 g/mol. The number of aliphatic imine (C=N–C) groups is 1. The van der Waals surface area contributed by atoms with Gasteiger partial charge >= 0.3 is 0 Å².